The lowest BCUT2D eigenvalue weighted by Gasteiger charge is -2.17. The molecule has 0 saturated carbocycles. The second-order valence-electron chi connectivity index (χ2n) is 5.16. The molecule has 0 bridgehead atoms. The van der Waals surface area contributed by atoms with Gasteiger partial charge in [-0.3, -0.25) is 5.01 Å². The lowest BCUT2D eigenvalue weighted by molar-refractivity contribution is -0.138. The van der Waals surface area contributed by atoms with Crippen molar-refractivity contribution >= 4 is 5.69 Å². The number of ether oxygens (including phenoxy) is 1. The molecule has 0 radical (unpaired) electrons. The van der Waals surface area contributed by atoms with E-state index in [9.17, 15) is 22.0 Å². The van der Waals surface area contributed by atoms with Gasteiger partial charge in [0.25, 0.3) is 0 Å². The summed E-state index contributed by atoms with van der Waals surface area (Å²) in [7, 11) is 0. The van der Waals surface area contributed by atoms with E-state index in [4.69, 9.17) is 16.3 Å². The van der Waals surface area contributed by atoms with Gasteiger partial charge >= 0.3 is 12.2 Å². The number of hydrogen-bond acceptors (Lipinski definition) is 6. The summed E-state index contributed by atoms with van der Waals surface area (Å²) in [5, 5.41) is 0.827. The number of hydrogen-bond donors (Lipinski definition) is 2. The SMILES string of the molecule is Cc1c(F)ccc(N(N)/C=C(\N)COc2ncc(C(F)(F)F)cn2)c1F. The van der Waals surface area contributed by atoms with Crippen molar-refractivity contribution in [3.63, 3.8) is 0 Å². The fraction of sp³-hybridized carbons (Fsp3) is 0.200. The van der Waals surface area contributed by atoms with E-state index in [0.717, 1.165) is 23.3 Å². The highest BCUT2D eigenvalue weighted by Crippen LogP contribution is 2.28. The minimum absolute atomic E-state index is 0.00243. The van der Waals surface area contributed by atoms with Gasteiger partial charge in [0.15, 0.2) is 5.82 Å². The van der Waals surface area contributed by atoms with E-state index in [1.165, 1.54) is 6.92 Å². The van der Waals surface area contributed by atoms with E-state index in [2.05, 4.69) is 9.97 Å². The maximum absolute atomic E-state index is 14.0. The molecule has 0 aliphatic rings. The van der Waals surface area contributed by atoms with Crippen molar-refractivity contribution in [3.8, 4) is 6.01 Å². The normalized spacial score (nSPS) is 12.2. The third kappa shape index (κ3) is 4.57. The van der Waals surface area contributed by atoms with Crippen molar-refractivity contribution < 1.29 is 26.7 Å². The van der Waals surface area contributed by atoms with Gasteiger partial charge in [0.2, 0.25) is 0 Å². The van der Waals surface area contributed by atoms with Gasteiger partial charge in [0.05, 0.1) is 16.9 Å². The van der Waals surface area contributed by atoms with Crippen LogP contribution in [0.2, 0.25) is 0 Å². The Hall–Kier alpha value is -2.95. The van der Waals surface area contributed by atoms with Crippen LogP contribution in [0, 0.1) is 18.6 Å². The van der Waals surface area contributed by atoms with Crippen LogP contribution in [-0.2, 0) is 6.18 Å². The van der Waals surface area contributed by atoms with Crippen molar-refractivity contribution in [2.24, 2.45) is 11.6 Å². The highest BCUT2D eigenvalue weighted by atomic mass is 19.4. The van der Waals surface area contributed by atoms with E-state index >= 15 is 0 Å². The lowest BCUT2D eigenvalue weighted by atomic mass is 10.2. The number of benzene rings is 1. The fourth-order valence-electron chi connectivity index (χ4n) is 1.82. The van der Waals surface area contributed by atoms with E-state index in [0.29, 0.717) is 12.4 Å². The monoisotopic (exact) mass is 375 g/mol. The van der Waals surface area contributed by atoms with Crippen LogP contribution in [0.3, 0.4) is 0 Å². The Morgan fingerprint density at radius 3 is 2.42 bits per heavy atom. The van der Waals surface area contributed by atoms with Gasteiger partial charge in [-0.05, 0) is 19.1 Å². The number of aromatic nitrogens is 2. The standard InChI is InChI=1S/C15H14F5N5O/c1-8-11(16)2-3-12(13(8)17)25(22)6-10(21)7-26-14-23-4-9(5-24-14)15(18,19)20/h2-6H,7,21-22H2,1H3/b10-6-. The highest BCUT2D eigenvalue weighted by molar-refractivity contribution is 5.51. The number of alkyl halides is 3. The first-order valence-electron chi connectivity index (χ1n) is 7.06. The van der Waals surface area contributed by atoms with Crippen molar-refractivity contribution in [2.45, 2.75) is 13.1 Å². The number of nitrogens with zero attached hydrogens (tertiary/aromatic N) is 3. The van der Waals surface area contributed by atoms with E-state index in [1.54, 1.807) is 0 Å². The van der Waals surface area contributed by atoms with Crippen LogP contribution in [0.5, 0.6) is 6.01 Å². The summed E-state index contributed by atoms with van der Waals surface area (Å²) in [6, 6.07) is 1.84. The molecule has 26 heavy (non-hydrogen) atoms. The molecule has 140 valence electrons. The maximum atomic E-state index is 14.0. The van der Waals surface area contributed by atoms with Gasteiger partial charge in [-0.2, -0.15) is 13.2 Å². The number of rotatable bonds is 5. The number of anilines is 1. The largest absolute Gasteiger partial charge is 0.457 e. The zero-order valence-corrected chi connectivity index (χ0v) is 13.4. The van der Waals surface area contributed by atoms with Gasteiger partial charge < -0.3 is 10.5 Å². The van der Waals surface area contributed by atoms with Gasteiger partial charge in [0, 0.05) is 24.2 Å². The maximum Gasteiger partial charge on any atom is 0.419 e. The summed E-state index contributed by atoms with van der Waals surface area (Å²) in [4.78, 5) is 6.81. The molecule has 0 atom stereocenters. The van der Waals surface area contributed by atoms with Gasteiger partial charge in [-0.1, -0.05) is 0 Å². The van der Waals surface area contributed by atoms with Crippen molar-refractivity contribution in [1.82, 2.24) is 9.97 Å². The number of halogens is 5. The average molecular weight is 375 g/mol. The Morgan fingerprint density at radius 1 is 1.23 bits per heavy atom. The predicted molar refractivity (Wildman–Crippen MR) is 82.6 cm³/mol. The molecule has 0 saturated heterocycles. The average Bonchev–Trinajstić information content (AvgIpc) is 2.57. The Labute approximate surface area is 144 Å². The highest BCUT2D eigenvalue weighted by Gasteiger charge is 2.31. The lowest BCUT2D eigenvalue weighted by Crippen LogP contribution is -2.28. The van der Waals surface area contributed by atoms with Crippen LogP contribution in [0.1, 0.15) is 11.1 Å². The second-order valence-corrected chi connectivity index (χ2v) is 5.16. The molecule has 0 unspecified atom stereocenters. The third-order valence-electron chi connectivity index (χ3n) is 3.21. The second kappa shape index (κ2) is 7.52. The van der Waals surface area contributed by atoms with Gasteiger partial charge in [-0.15, -0.1) is 0 Å². The molecule has 2 aromatic rings. The van der Waals surface area contributed by atoms with Crippen LogP contribution >= 0.6 is 0 Å². The number of nitrogens with two attached hydrogens (primary N) is 2. The quantitative estimate of drug-likeness (QED) is 0.474. The van der Waals surface area contributed by atoms with Gasteiger partial charge in [-0.25, -0.2) is 24.6 Å². The summed E-state index contributed by atoms with van der Waals surface area (Å²) in [5.74, 6) is 4.07. The van der Waals surface area contributed by atoms with Crippen LogP contribution in [-0.4, -0.2) is 16.6 Å². The van der Waals surface area contributed by atoms with Crippen LogP contribution < -0.4 is 21.3 Å². The molecule has 0 fully saturated rings. The van der Waals surface area contributed by atoms with E-state index in [-0.39, 0.29) is 29.6 Å². The Kier molecular flexibility index (Phi) is 5.60. The molecule has 1 aromatic heterocycles. The molecule has 0 spiro atoms. The third-order valence-corrected chi connectivity index (χ3v) is 3.21. The van der Waals surface area contributed by atoms with Crippen molar-refractivity contribution in [1.29, 1.82) is 0 Å². The molecular weight excluding hydrogens is 361 g/mol. The van der Waals surface area contributed by atoms with Crippen molar-refractivity contribution in [2.75, 3.05) is 11.6 Å². The van der Waals surface area contributed by atoms with Crippen LogP contribution in [0.25, 0.3) is 0 Å². The molecule has 0 aliphatic carbocycles. The van der Waals surface area contributed by atoms with Crippen LogP contribution in [0.15, 0.2) is 36.4 Å². The molecule has 0 aliphatic heterocycles. The molecule has 0 amide bonds. The van der Waals surface area contributed by atoms with Crippen LogP contribution in [0.4, 0.5) is 27.6 Å². The first kappa shape index (κ1) is 19.4. The Morgan fingerprint density at radius 2 is 1.85 bits per heavy atom. The minimum Gasteiger partial charge on any atom is -0.457 e. The summed E-state index contributed by atoms with van der Waals surface area (Å²) in [5.41, 5.74) is 4.30. The Balaban J connectivity index is 2.03. The molecule has 2 rings (SSSR count). The van der Waals surface area contributed by atoms with E-state index in [1.807, 2.05) is 0 Å². The first-order valence-corrected chi connectivity index (χ1v) is 7.06. The van der Waals surface area contributed by atoms with E-state index < -0.39 is 23.4 Å². The minimum atomic E-state index is -4.56. The predicted octanol–water partition coefficient (Wildman–Crippen LogP) is 2.64. The number of hydrazine groups is 1. The molecule has 6 nitrogen and oxygen atoms in total. The fourth-order valence-corrected chi connectivity index (χ4v) is 1.82. The molecule has 1 aromatic carbocycles. The zero-order chi connectivity index (χ0) is 19.5. The topological polar surface area (TPSA) is 90.3 Å². The first-order chi connectivity index (χ1) is 12.1. The molecule has 1 heterocycles. The summed E-state index contributed by atoms with van der Waals surface area (Å²) in [6.45, 7) is 0.932. The van der Waals surface area contributed by atoms with Gasteiger partial charge in [0.1, 0.15) is 12.4 Å². The molecule has 11 heteroatoms. The zero-order valence-electron chi connectivity index (χ0n) is 13.4. The summed E-state index contributed by atoms with van der Waals surface area (Å²) >= 11 is 0. The smallest absolute Gasteiger partial charge is 0.419 e. The Bertz CT molecular complexity index is 807. The van der Waals surface area contributed by atoms with Crippen molar-refractivity contribution in [3.05, 3.63) is 59.2 Å². The molecular formula is C15H14F5N5O. The summed E-state index contributed by atoms with van der Waals surface area (Å²) < 4.78 is 69.5. The summed E-state index contributed by atoms with van der Waals surface area (Å²) in [6.07, 6.45) is -2.32. The molecule has 4 N–H and O–H groups in total.